The van der Waals surface area contributed by atoms with Gasteiger partial charge in [-0.2, -0.15) is 5.10 Å². The summed E-state index contributed by atoms with van der Waals surface area (Å²) in [4.78, 5) is 0. The highest BCUT2D eigenvalue weighted by atomic mass is 19.3. The Morgan fingerprint density at radius 3 is 3.17 bits per heavy atom. The molecule has 4 nitrogen and oxygen atoms in total. The van der Waals surface area contributed by atoms with Crippen LogP contribution in [0.5, 0.6) is 5.88 Å². The quantitative estimate of drug-likeness (QED) is 0.624. The molecule has 0 bridgehead atoms. The van der Waals surface area contributed by atoms with Gasteiger partial charge in [-0.15, -0.1) is 0 Å². The van der Waals surface area contributed by atoms with E-state index >= 15 is 0 Å². The number of alkyl halides is 2. The van der Waals surface area contributed by atoms with Crippen LogP contribution in [0.4, 0.5) is 14.5 Å². The summed E-state index contributed by atoms with van der Waals surface area (Å²) in [5, 5.41) is 3.64. The number of ether oxygens (including phenoxy) is 1. The van der Waals surface area contributed by atoms with Crippen molar-refractivity contribution in [2.75, 3.05) is 12.3 Å². The van der Waals surface area contributed by atoms with Crippen LogP contribution in [0.25, 0.3) is 0 Å². The van der Waals surface area contributed by atoms with E-state index in [1.807, 2.05) is 0 Å². The third-order valence-corrected chi connectivity index (χ3v) is 1.62. The number of halogens is 2. The van der Waals surface area contributed by atoms with Gasteiger partial charge in [0.2, 0.25) is 5.88 Å². The third kappa shape index (κ3) is 0.992. The second-order valence-electron chi connectivity index (χ2n) is 2.71. The minimum absolute atomic E-state index is 0.237. The number of rotatable bonds is 0. The molecule has 0 amide bonds. The lowest BCUT2D eigenvalue weighted by Gasteiger charge is -2.23. The number of hydrogen-bond acceptors (Lipinski definition) is 3. The molecular weight excluding hydrogens is 168 g/mol. The number of anilines is 1. The zero-order valence-electron chi connectivity index (χ0n) is 6.13. The summed E-state index contributed by atoms with van der Waals surface area (Å²) in [7, 11) is 0. The third-order valence-electron chi connectivity index (χ3n) is 1.62. The van der Waals surface area contributed by atoms with Gasteiger partial charge in [0, 0.05) is 0 Å². The van der Waals surface area contributed by atoms with Crippen LogP contribution in [-0.2, 0) is 6.54 Å². The molecule has 0 aromatic carbocycles. The Labute approximate surface area is 66.9 Å². The summed E-state index contributed by atoms with van der Waals surface area (Å²) in [6.45, 7) is -1.08. The van der Waals surface area contributed by atoms with E-state index in [0.717, 1.165) is 4.68 Å². The van der Waals surface area contributed by atoms with Crippen LogP contribution in [0.15, 0.2) is 6.20 Å². The van der Waals surface area contributed by atoms with E-state index in [0.29, 0.717) is 5.69 Å². The number of nitrogens with two attached hydrogens (primary N) is 1. The molecule has 0 spiro atoms. The summed E-state index contributed by atoms with van der Waals surface area (Å²) in [6, 6.07) is 0. The van der Waals surface area contributed by atoms with Crippen LogP contribution in [0.3, 0.4) is 0 Å². The average molecular weight is 175 g/mol. The fourth-order valence-electron chi connectivity index (χ4n) is 1.10. The first-order valence-electron chi connectivity index (χ1n) is 3.40. The highest BCUT2D eigenvalue weighted by Gasteiger charge is 2.37. The van der Waals surface area contributed by atoms with Gasteiger partial charge in [0.15, 0.2) is 6.61 Å². The standard InChI is InChI=1S/C6H7F2N3O/c7-6(8)2-11-5(12-3-6)4(9)1-10-11/h1H,2-3,9H2. The minimum Gasteiger partial charge on any atom is -0.470 e. The number of nitrogens with zero attached hydrogens (tertiary/aromatic N) is 2. The van der Waals surface area contributed by atoms with Crippen molar-refractivity contribution in [1.29, 1.82) is 0 Å². The fourth-order valence-corrected chi connectivity index (χ4v) is 1.10. The molecule has 1 aliphatic heterocycles. The zero-order chi connectivity index (χ0) is 8.77. The summed E-state index contributed by atoms with van der Waals surface area (Å²) in [5.41, 5.74) is 5.69. The Kier molecular flexibility index (Phi) is 1.27. The molecule has 0 radical (unpaired) electrons. The first kappa shape index (κ1) is 7.33. The number of fused-ring (bicyclic) bond motifs is 1. The summed E-state index contributed by atoms with van der Waals surface area (Å²) in [5.74, 6) is -2.60. The van der Waals surface area contributed by atoms with Gasteiger partial charge in [0.1, 0.15) is 12.2 Å². The second kappa shape index (κ2) is 2.09. The Balaban J connectivity index is 2.37. The van der Waals surface area contributed by atoms with Gasteiger partial charge < -0.3 is 10.5 Å². The zero-order valence-corrected chi connectivity index (χ0v) is 6.13. The Morgan fingerprint density at radius 1 is 1.67 bits per heavy atom. The summed E-state index contributed by atoms with van der Waals surface area (Å²) >= 11 is 0. The van der Waals surface area contributed by atoms with E-state index in [4.69, 9.17) is 10.5 Å². The van der Waals surface area contributed by atoms with Gasteiger partial charge >= 0.3 is 5.92 Å². The van der Waals surface area contributed by atoms with Crippen LogP contribution in [0.2, 0.25) is 0 Å². The summed E-state index contributed by atoms with van der Waals surface area (Å²) < 4.78 is 31.1. The first-order chi connectivity index (χ1) is 5.58. The molecule has 2 N–H and O–H groups in total. The van der Waals surface area contributed by atoms with E-state index < -0.39 is 19.1 Å². The maximum absolute atomic E-state index is 12.7. The molecule has 2 heterocycles. The first-order valence-corrected chi connectivity index (χ1v) is 3.40. The maximum Gasteiger partial charge on any atom is 0.300 e. The van der Waals surface area contributed by atoms with Crippen LogP contribution in [-0.4, -0.2) is 22.3 Å². The van der Waals surface area contributed by atoms with Crippen molar-refractivity contribution < 1.29 is 13.5 Å². The molecule has 1 aromatic rings. The maximum atomic E-state index is 12.7. The van der Waals surface area contributed by atoms with Crippen molar-refractivity contribution in [2.24, 2.45) is 0 Å². The van der Waals surface area contributed by atoms with E-state index in [1.165, 1.54) is 6.20 Å². The van der Waals surface area contributed by atoms with E-state index in [1.54, 1.807) is 0 Å². The number of hydrogen-bond donors (Lipinski definition) is 1. The molecule has 2 rings (SSSR count). The number of nitrogen functional groups attached to an aromatic ring is 1. The molecule has 0 saturated carbocycles. The van der Waals surface area contributed by atoms with Gasteiger partial charge in [-0.1, -0.05) is 0 Å². The average Bonchev–Trinajstić information content (AvgIpc) is 2.30. The van der Waals surface area contributed by atoms with Crippen molar-refractivity contribution in [3.63, 3.8) is 0 Å². The normalized spacial score (nSPS) is 19.8. The van der Waals surface area contributed by atoms with E-state index in [-0.39, 0.29) is 5.88 Å². The van der Waals surface area contributed by atoms with Crippen molar-refractivity contribution in [3.05, 3.63) is 6.20 Å². The van der Waals surface area contributed by atoms with Crippen LogP contribution < -0.4 is 10.5 Å². The molecule has 0 saturated heterocycles. The molecule has 1 aliphatic rings. The van der Waals surface area contributed by atoms with Gasteiger partial charge in [-0.3, -0.25) is 0 Å². The van der Waals surface area contributed by atoms with Gasteiger partial charge in [-0.05, 0) is 0 Å². The summed E-state index contributed by atoms with van der Waals surface area (Å²) in [6.07, 6.45) is 1.30. The van der Waals surface area contributed by atoms with Crippen LogP contribution >= 0.6 is 0 Å². The fraction of sp³-hybridized carbons (Fsp3) is 0.500. The predicted molar refractivity (Wildman–Crippen MR) is 37.1 cm³/mol. The Hall–Kier alpha value is -1.33. The molecule has 66 valence electrons. The lowest BCUT2D eigenvalue weighted by molar-refractivity contribution is -0.0792. The SMILES string of the molecule is Nc1cnn2c1OCC(F)(F)C2. The molecule has 6 heteroatoms. The molecular formula is C6H7F2N3O. The van der Waals surface area contributed by atoms with Gasteiger partial charge in [0.25, 0.3) is 0 Å². The van der Waals surface area contributed by atoms with Crippen molar-refractivity contribution in [3.8, 4) is 5.88 Å². The molecule has 0 fully saturated rings. The second-order valence-corrected chi connectivity index (χ2v) is 2.71. The largest absolute Gasteiger partial charge is 0.470 e. The van der Waals surface area contributed by atoms with Crippen molar-refractivity contribution in [2.45, 2.75) is 12.5 Å². The lowest BCUT2D eigenvalue weighted by Crippen LogP contribution is -2.36. The van der Waals surface area contributed by atoms with Crippen LogP contribution in [0.1, 0.15) is 0 Å². The molecule has 1 aromatic heterocycles. The lowest BCUT2D eigenvalue weighted by atomic mass is 10.3. The Bertz CT molecular complexity index is 310. The van der Waals surface area contributed by atoms with E-state index in [9.17, 15) is 8.78 Å². The molecule has 0 aliphatic carbocycles. The van der Waals surface area contributed by atoms with Crippen LogP contribution in [0, 0.1) is 0 Å². The van der Waals surface area contributed by atoms with Gasteiger partial charge in [0.05, 0.1) is 6.20 Å². The molecule has 0 unspecified atom stereocenters. The molecule has 12 heavy (non-hydrogen) atoms. The smallest absolute Gasteiger partial charge is 0.300 e. The predicted octanol–water partition coefficient (Wildman–Crippen LogP) is 0.493. The van der Waals surface area contributed by atoms with Crippen molar-refractivity contribution >= 4 is 5.69 Å². The topological polar surface area (TPSA) is 53.1 Å². The Morgan fingerprint density at radius 2 is 2.42 bits per heavy atom. The van der Waals surface area contributed by atoms with Gasteiger partial charge in [-0.25, -0.2) is 13.5 Å². The van der Waals surface area contributed by atoms with E-state index in [2.05, 4.69) is 5.10 Å². The highest BCUT2D eigenvalue weighted by Crippen LogP contribution is 2.30. The minimum atomic E-state index is -2.84. The van der Waals surface area contributed by atoms with Crippen molar-refractivity contribution in [1.82, 2.24) is 9.78 Å². The molecule has 0 atom stereocenters. The highest BCUT2D eigenvalue weighted by molar-refractivity contribution is 5.46. The number of aromatic nitrogens is 2. The monoisotopic (exact) mass is 175 g/mol.